The van der Waals surface area contributed by atoms with E-state index in [2.05, 4.69) is 20.5 Å². The third-order valence-corrected chi connectivity index (χ3v) is 4.09. The Bertz CT molecular complexity index is 699. The van der Waals surface area contributed by atoms with Crippen molar-refractivity contribution in [2.45, 2.75) is 44.6 Å². The van der Waals surface area contributed by atoms with E-state index in [-0.39, 0.29) is 5.91 Å². The maximum absolute atomic E-state index is 12.0. The molecule has 1 aliphatic rings. The molecule has 1 heterocycles. The van der Waals surface area contributed by atoms with Crippen molar-refractivity contribution in [3.8, 4) is 5.75 Å². The van der Waals surface area contributed by atoms with Crippen molar-refractivity contribution in [3.05, 3.63) is 40.9 Å². The molecule has 1 aliphatic carbocycles. The van der Waals surface area contributed by atoms with Gasteiger partial charge in [0.25, 0.3) is 5.91 Å². The Morgan fingerprint density at radius 3 is 3.08 bits per heavy atom. The van der Waals surface area contributed by atoms with Crippen LogP contribution in [0.4, 0.5) is 0 Å². The minimum atomic E-state index is -0.574. The highest BCUT2D eigenvalue weighted by Crippen LogP contribution is 2.37. The van der Waals surface area contributed by atoms with Gasteiger partial charge in [-0.2, -0.15) is 5.10 Å². The van der Waals surface area contributed by atoms with E-state index in [1.807, 2.05) is 0 Å². The van der Waals surface area contributed by atoms with Crippen molar-refractivity contribution in [2.24, 2.45) is 0 Å². The van der Waals surface area contributed by atoms with Gasteiger partial charge in [-0.05, 0) is 44.4 Å². The Morgan fingerprint density at radius 1 is 1.50 bits per heavy atom. The van der Waals surface area contributed by atoms with Crippen LogP contribution in [0.2, 0.25) is 5.02 Å². The van der Waals surface area contributed by atoms with Crippen LogP contribution in [0.1, 0.15) is 43.8 Å². The summed E-state index contributed by atoms with van der Waals surface area (Å²) in [5.74, 6) is 2.80. The number of carbonyl (C=O) groups is 1. The molecule has 1 fully saturated rings. The number of benzene rings is 1. The Balaban J connectivity index is 1.36. The normalized spacial score (nSPS) is 15.1. The second kappa shape index (κ2) is 7.66. The quantitative estimate of drug-likeness (QED) is 0.719. The Hall–Kier alpha value is -2.08. The van der Waals surface area contributed by atoms with Gasteiger partial charge in [0.15, 0.2) is 11.9 Å². The highest BCUT2D eigenvalue weighted by atomic mass is 35.5. The lowest BCUT2D eigenvalue weighted by atomic mass is 10.3. The van der Waals surface area contributed by atoms with Crippen LogP contribution in [0.25, 0.3) is 0 Å². The molecule has 128 valence electrons. The van der Waals surface area contributed by atoms with Gasteiger partial charge in [0.05, 0.1) is 0 Å². The average molecular weight is 349 g/mol. The standard InChI is InChI=1S/C17H21ClN4O2/c1-11(24-14-5-2-4-13(18)10-14)17(23)19-9-3-6-15-20-16(22-21-15)12-7-8-12/h2,4-5,10-12H,3,6-9H2,1H3,(H,19,23)(H,20,21,22). The summed E-state index contributed by atoms with van der Waals surface area (Å²) in [4.78, 5) is 16.5. The highest BCUT2D eigenvalue weighted by Gasteiger charge is 2.27. The number of nitrogens with one attached hydrogen (secondary N) is 2. The van der Waals surface area contributed by atoms with Gasteiger partial charge in [-0.15, -0.1) is 0 Å². The number of ether oxygens (including phenoxy) is 1. The maximum atomic E-state index is 12.0. The van der Waals surface area contributed by atoms with Gasteiger partial charge >= 0.3 is 0 Å². The second-order valence-corrected chi connectivity index (χ2v) is 6.46. The van der Waals surface area contributed by atoms with Crippen molar-refractivity contribution in [3.63, 3.8) is 0 Å². The summed E-state index contributed by atoms with van der Waals surface area (Å²) in [7, 11) is 0. The molecule has 1 atom stereocenters. The fourth-order valence-electron chi connectivity index (χ4n) is 2.36. The van der Waals surface area contributed by atoms with Gasteiger partial charge < -0.3 is 10.1 Å². The van der Waals surface area contributed by atoms with Crippen molar-refractivity contribution in [1.82, 2.24) is 20.5 Å². The smallest absolute Gasteiger partial charge is 0.260 e. The van der Waals surface area contributed by atoms with Crippen LogP contribution in [0.15, 0.2) is 24.3 Å². The van der Waals surface area contributed by atoms with E-state index in [1.54, 1.807) is 31.2 Å². The molecule has 3 rings (SSSR count). The zero-order chi connectivity index (χ0) is 16.9. The molecule has 1 aromatic carbocycles. The van der Waals surface area contributed by atoms with Crippen LogP contribution < -0.4 is 10.1 Å². The first kappa shape index (κ1) is 16.8. The van der Waals surface area contributed by atoms with E-state index in [9.17, 15) is 4.79 Å². The van der Waals surface area contributed by atoms with E-state index in [4.69, 9.17) is 16.3 Å². The molecule has 1 unspecified atom stereocenters. The van der Waals surface area contributed by atoms with E-state index in [0.29, 0.717) is 23.2 Å². The number of hydrogen-bond donors (Lipinski definition) is 2. The number of aromatic amines is 1. The summed E-state index contributed by atoms with van der Waals surface area (Å²) < 4.78 is 5.58. The van der Waals surface area contributed by atoms with Crippen LogP contribution in [-0.4, -0.2) is 33.7 Å². The predicted molar refractivity (Wildman–Crippen MR) is 91.2 cm³/mol. The van der Waals surface area contributed by atoms with Gasteiger partial charge in [0.2, 0.25) is 0 Å². The zero-order valence-electron chi connectivity index (χ0n) is 13.6. The number of aryl methyl sites for hydroxylation is 1. The molecule has 24 heavy (non-hydrogen) atoms. The molecule has 7 heteroatoms. The number of halogens is 1. The first-order valence-electron chi connectivity index (χ1n) is 8.23. The van der Waals surface area contributed by atoms with Crippen molar-refractivity contribution in [2.75, 3.05) is 6.54 Å². The van der Waals surface area contributed by atoms with Crippen molar-refractivity contribution >= 4 is 17.5 Å². The van der Waals surface area contributed by atoms with Crippen LogP contribution >= 0.6 is 11.6 Å². The van der Waals surface area contributed by atoms with Crippen molar-refractivity contribution in [1.29, 1.82) is 0 Å². The molecule has 1 aromatic heterocycles. The Labute approximate surface area is 146 Å². The summed E-state index contributed by atoms with van der Waals surface area (Å²) in [6.07, 6.45) is 3.38. The van der Waals surface area contributed by atoms with Gasteiger partial charge in [0, 0.05) is 23.9 Å². The summed E-state index contributed by atoms with van der Waals surface area (Å²) in [5.41, 5.74) is 0. The molecule has 1 amide bonds. The van der Waals surface area contributed by atoms with E-state index in [0.717, 1.165) is 24.5 Å². The second-order valence-electron chi connectivity index (χ2n) is 6.03. The Morgan fingerprint density at radius 2 is 2.33 bits per heavy atom. The maximum Gasteiger partial charge on any atom is 0.260 e. The minimum absolute atomic E-state index is 0.147. The van der Waals surface area contributed by atoms with Crippen LogP contribution in [-0.2, 0) is 11.2 Å². The van der Waals surface area contributed by atoms with Gasteiger partial charge in [-0.1, -0.05) is 17.7 Å². The number of hydrogen-bond acceptors (Lipinski definition) is 4. The summed E-state index contributed by atoms with van der Waals surface area (Å²) in [5, 5.41) is 10.6. The van der Waals surface area contributed by atoms with Gasteiger partial charge in [0.1, 0.15) is 11.6 Å². The first-order chi connectivity index (χ1) is 11.6. The van der Waals surface area contributed by atoms with Crippen LogP contribution in [0.5, 0.6) is 5.75 Å². The number of H-pyrrole nitrogens is 1. The molecule has 1 saturated carbocycles. The molecular weight excluding hydrogens is 328 g/mol. The third-order valence-electron chi connectivity index (χ3n) is 3.86. The average Bonchev–Trinajstić information content (AvgIpc) is 3.30. The van der Waals surface area contributed by atoms with Gasteiger partial charge in [-0.3, -0.25) is 9.89 Å². The topological polar surface area (TPSA) is 79.9 Å². The molecule has 0 saturated heterocycles. The molecule has 0 bridgehead atoms. The molecule has 6 nitrogen and oxygen atoms in total. The molecule has 0 radical (unpaired) electrons. The lowest BCUT2D eigenvalue weighted by Crippen LogP contribution is -2.36. The molecule has 2 aromatic rings. The highest BCUT2D eigenvalue weighted by molar-refractivity contribution is 6.30. The molecule has 2 N–H and O–H groups in total. The molecule has 0 aliphatic heterocycles. The predicted octanol–water partition coefficient (Wildman–Crippen LogP) is 2.85. The molecule has 0 spiro atoms. The minimum Gasteiger partial charge on any atom is -0.481 e. The lowest BCUT2D eigenvalue weighted by molar-refractivity contribution is -0.127. The van der Waals surface area contributed by atoms with Crippen molar-refractivity contribution < 1.29 is 9.53 Å². The van der Waals surface area contributed by atoms with Crippen LogP contribution in [0.3, 0.4) is 0 Å². The number of amides is 1. The SMILES string of the molecule is CC(Oc1cccc(Cl)c1)C(=O)NCCCc1nc(C2CC2)n[nH]1. The van der Waals surface area contributed by atoms with E-state index in [1.165, 1.54) is 12.8 Å². The van der Waals surface area contributed by atoms with E-state index >= 15 is 0 Å². The summed E-state index contributed by atoms with van der Waals surface area (Å²) in [6.45, 7) is 2.29. The monoisotopic (exact) mass is 348 g/mol. The zero-order valence-corrected chi connectivity index (χ0v) is 14.3. The third kappa shape index (κ3) is 4.71. The number of rotatable bonds is 8. The first-order valence-corrected chi connectivity index (χ1v) is 8.60. The number of nitrogens with zero attached hydrogens (tertiary/aromatic N) is 2. The van der Waals surface area contributed by atoms with Crippen LogP contribution in [0, 0.1) is 0 Å². The fraction of sp³-hybridized carbons (Fsp3) is 0.471. The fourth-order valence-corrected chi connectivity index (χ4v) is 2.54. The lowest BCUT2D eigenvalue weighted by Gasteiger charge is -2.14. The largest absolute Gasteiger partial charge is 0.481 e. The molecular formula is C17H21ClN4O2. The van der Waals surface area contributed by atoms with E-state index < -0.39 is 6.10 Å². The number of aromatic nitrogens is 3. The number of carbonyl (C=O) groups excluding carboxylic acids is 1. The summed E-state index contributed by atoms with van der Waals surface area (Å²) in [6, 6.07) is 7.01. The Kier molecular flexibility index (Phi) is 5.35. The van der Waals surface area contributed by atoms with Gasteiger partial charge in [-0.25, -0.2) is 4.98 Å². The summed E-state index contributed by atoms with van der Waals surface area (Å²) >= 11 is 5.90.